The van der Waals surface area contributed by atoms with Gasteiger partial charge in [-0.25, -0.2) is 0 Å². The zero-order valence-corrected chi connectivity index (χ0v) is 10.5. The molecule has 0 bridgehead atoms. The van der Waals surface area contributed by atoms with Crippen LogP contribution in [0.25, 0.3) is 0 Å². The number of hydrogen-bond acceptors (Lipinski definition) is 2. The van der Waals surface area contributed by atoms with Gasteiger partial charge in [0.15, 0.2) is 0 Å². The van der Waals surface area contributed by atoms with E-state index in [-0.39, 0.29) is 11.8 Å². The number of primary amides is 1. The van der Waals surface area contributed by atoms with Crippen LogP contribution in [-0.4, -0.2) is 12.5 Å². The van der Waals surface area contributed by atoms with Crippen LogP contribution in [0.2, 0.25) is 0 Å². The van der Waals surface area contributed by atoms with Crippen molar-refractivity contribution in [3.63, 3.8) is 0 Å². The van der Waals surface area contributed by atoms with E-state index in [9.17, 15) is 4.79 Å². The molecule has 1 rings (SSSR count). The van der Waals surface area contributed by atoms with Gasteiger partial charge in [-0.1, -0.05) is 28.9 Å². The van der Waals surface area contributed by atoms with E-state index in [0.717, 1.165) is 15.7 Å². The number of anilines is 1. The molecule has 0 aliphatic rings. The van der Waals surface area contributed by atoms with E-state index in [4.69, 9.17) is 5.73 Å². The molecule has 1 unspecified atom stereocenters. The van der Waals surface area contributed by atoms with Crippen LogP contribution in [0.5, 0.6) is 0 Å². The SMILES string of the molecule is Cc1c(Br)cccc1NCC(C)C(N)=O. The summed E-state index contributed by atoms with van der Waals surface area (Å²) in [5.74, 6) is -0.446. The second kappa shape index (κ2) is 5.16. The minimum atomic E-state index is -0.282. The second-order valence-corrected chi connectivity index (χ2v) is 4.45. The van der Waals surface area contributed by atoms with E-state index in [1.165, 1.54) is 0 Å². The lowest BCUT2D eigenvalue weighted by atomic mass is 10.1. The molecule has 0 saturated heterocycles. The van der Waals surface area contributed by atoms with Gasteiger partial charge in [-0.05, 0) is 24.6 Å². The van der Waals surface area contributed by atoms with Crippen LogP contribution < -0.4 is 11.1 Å². The van der Waals surface area contributed by atoms with Crippen molar-refractivity contribution >= 4 is 27.5 Å². The van der Waals surface area contributed by atoms with Gasteiger partial charge in [-0.2, -0.15) is 0 Å². The molecule has 1 amide bonds. The molecule has 82 valence electrons. The van der Waals surface area contributed by atoms with Crippen molar-refractivity contribution in [3.05, 3.63) is 28.2 Å². The van der Waals surface area contributed by atoms with Gasteiger partial charge < -0.3 is 11.1 Å². The maximum absolute atomic E-state index is 10.8. The Balaban J connectivity index is 2.66. The van der Waals surface area contributed by atoms with Crippen LogP contribution in [0.1, 0.15) is 12.5 Å². The fourth-order valence-electron chi connectivity index (χ4n) is 1.16. The van der Waals surface area contributed by atoms with Gasteiger partial charge in [0, 0.05) is 16.7 Å². The Morgan fingerprint density at radius 3 is 2.87 bits per heavy atom. The van der Waals surface area contributed by atoms with Crippen LogP contribution in [0, 0.1) is 12.8 Å². The first kappa shape index (κ1) is 12.0. The van der Waals surface area contributed by atoms with Crippen molar-refractivity contribution < 1.29 is 4.79 Å². The Morgan fingerprint density at radius 2 is 2.27 bits per heavy atom. The average molecular weight is 271 g/mol. The molecule has 0 aromatic heterocycles. The van der Waals surface area contributed by atoms with E-state index in [1.807, 2.05) is 32.0 Å². The topological polar surface area (TPSA) is 55.1 Å². The Hall–Kier alpha value is -1.03. The highest BCUT2D eigenvalue weighted by molar-refractivity contribution is 9.10. The minimum absolute atomic E-state index is 0.164. The van der Waals surface area contributed by atoms with E-state index in [0.29, 0.717) is 6.54 Å². The van der Waals surface area contributed by atoms with E-state index in [1.54, 1.807) is 0 Å². The van der Waals surface area contributed by atoms with Crippen molar-refractivity contribution in [2.45, 2.75) is 13.8 Å². The zero-order valence-electron chi connectivity index (χ0n) is 8.88. The molecule has 4 heteroatoms. The molecule has 3 nitrogen and oxygen atoms in total. The number of amides is 1. The molecule has 0 spiro atoms. The van der Waals surface area contributed by atoms with E-state index < -0.39 is 0 Å². The number of hydrogen-bond donors (Lipinski definition) is 2. The Bertz CT molecular complexity index is 366. The van der Waals surface area contributed by atoms with Crippen molar-refractivity contribution in [3.8, 4) is 0 Å². The number of rotatable bonds is 4. The summed E-state index contributed by atoms with van der Waals surface area (Å²) >= 11 is 3.45. The lowest BCUT2D eigenvalue weighted by molar-refractivity contribution is -0.120. The summed E-state index contributed by atoms with van der Waals surface area (Å²) in [5, 5.41) is 3.20. The van der Waals surface area contributed by atoms with Crippen molar-refractivity contribution in [1.29, 1.82) is 0 Å². The number of nitrogens with one attached hydrogen (secondary N) is 1. The average Bonchev–Trinajstić information content (AvgIpc) is 2.19. The molecule has 0 fully saturated rings. The van der Waals surface area contributed by atoms with Crippen LogP contribution in [0.4, 0.5) is 5.69 Å². The lowest BCUT2D eigenvalue weighted by Crippen LogP contribution is -2.26. The summed E-state index contributed by atoms with van der Waals surface area (Å²) in [6.45, 7) is 4.39. The van der Waals surface area contributed by atoms with E-state index >= 15 is 0 Å². The quantitative estimate of drug-likeness (QED) is 0.882. The molecule has 0 heterocycles. The number of benzene rings is 1. The highest BCUT2D eigenvalue weighted by Crippen LogP contribution is 2.23. The Kier molecular flexibility index (Phi) is 4.15. The van der Waals surface area contributed by atoms with Crippen LogP contribution in [0.15, 0.2) is 22.7 Å². The standard InChI is InChI=1S/C11H15BrN2O/c1-7(11(13)15)6-14-10-5-3-4-9(12)8(10)2/h3-5,7,14H,6H2,1-2H3,(H2,13,15). The molecule has 1 aromatic rings. The third kappa shape index (κ3) is 3.23. The van der Waals surface area contributed by atoms with Crippen molar-refractivity contribution in [1.82, 2.24) is 0 Å². The molecular weight excluding hydrogens is 256 g/mol. The van der Waals surface area contributed by atoms with Gasteiger partial charge in [0.2, 0.25) is 5.91 Å². The first-order chi connectivity index (χ1) is 7.02. The summed E-state index contributed by atoms with van der Waals surface area (Å²) in [5.41, 5.74) is 7.34. The molecule has 3 N–H and O–H groups in total. The lowest BCUT2D eigenvalue weighted by Gasteiger charge is -2.13. The fourth-order valence-corrected chi connectivity index (χ4v) is 1.53. The maximum Gasteiger partial charge on any atom is 0.222 e. The normalized spacial score (nSPS) is 12.2. The molecule has 1 aromatic carbocycles. The van der Waals surface area contributed by atoms with Gasteiger partial charge in [0.1, 0.15) is 0 Å². The van der Waals surface area contributed by atoms with Gasteiger partial charge in [0.05, 0.1) is 5.92 Å². The second-order valence-electron chi connectivity index (χ2n) is 3.60. The third-order valence-corrected chi connectivity index (χ3v) is 3.21. The molecule has 15 heavy (non-hydrogen) atoms. The van der Waals surface area contributed by atoms with Gasteiger partial charge in [0.25, 0.3) is 0 Å². The first-order valence-electron chi connectivity index (χ1n) is 4.80. The first-order valence-corrected chi connectivity index (χ1v) is 5.60. The van der Waals surface area contributed by atoms with Crippen molar-refractivity contribution in [2.24, 2.45) is 11.7 Å². The number of nitrogens with two attached hydrogens (primary N) is 1. The maximum atomic E-state index is 10.8. The summed E-state index contributed by atoms with van der Waals surface area (Å²) in [6, 6.07) is 5.92. The largest absolute Gasteiger partial charge is 0.384 e. The number of halogens is 1. The molecule has 0 aliphatic heterocycles. The van der Waals surface area contributed by atoms with Crippen molar-refractivity contribution in [2.75, 3.05) is 11.9 Å². The van der Waals surface area contributed by atoms with Crippen LogP contribution in [0.3, 0.4) is 0 Å². The number of carbonyl (C=O) groups excluding carboxylic acids is 1. The summed E-state index contributed by atoms with van der Waals surface area (Å²) < 4.78 is 1.05. The highest BCUT2D eigenvalue weighted by Gasteiger charge is 2.08. The smallest absolute Gasteiger partial charge is 0.222 e. The Morgan fingerprint density at radius 1 is 1.60 bits per heavy atom. The molecule has 0 radical (unpaired) electrons. The van der Waals surface area contributed by atoms with E-state index in [2.05, 4.69) is 21.2 Å². The predicted molar refractivity (Wildman–Crippen MR) is 65.7 cm³/mol. The Labute approximate surface area is 98.2 Å². The molecule has 0 saturated carbocycles. The summed E-state index contributed by atoms with van der Waals surface area (Å²) in [7, 11) is 0. The zero-order chi connectivity index (χ0) is 11.4. The van der Waals surface area contributed by atoms with Crippen LogP contribution in [-0.2, 0) is 4.79 Å². The van der Waals surface area contributed by atoms with Gasteiger partial charge in [-0.15, -0.1) is 0 Å². The summed E-state index contributed by atoms with van der Waals surface area (Å²) in [4.78, 5) is 10.8. The minimum Gasteiger partial charge on any atom is -0.384 e. The molecular formula is C11H15BrN2O. The molecule has 1 atom stereocenters. The summed E-state index contributed by atoms with van der Waals surface area (Å²) in [6.07, 6.45) is 0. The monoisotopic (exact) mass is 270 g/mol. The van der Waals surface area contributed by atoms with Gasteiger partial charge in [-0.3, -0.25) is 4.79 Å². The predicted octanol–water partition coefficient (Wildman–Crippen LogP) is 2.29. The van der Waals surface area contributed by atoms with Crippen LogP contribution >= 0.6 is 15.9 Å². The highest BCUT2D eigenvalue weighted by atomic mass is 79.9. The fraction of sp³-hybridized carbons (Fsp3) is 0.364. The molecule has 0 aliphatic carbocycles. The third-order valence-electron chi connectivity index (χ3n) is 2.35. The van der Waals surface area contributed by atoms with Gasteiger partial charge >= 0.3 is 0 Å². The number of carbonyl (C=O) groups is 1.